The van der Waals surface area contributed by atoms with Gasteiger partial charge in [-0.1, -0.05) is 11.6 Å². The van der Waals surface area contributed by atoms with Crippen LogP contribution in [0.2, 0.25) is 5.02 Å². The van der Waals surface area contributed by atoms with Crippen LogP contribution in [0.3, 0.4) is 0 Å². The molecule has 0 spiro atoms. The minimum absolute atomic E-state index is 0.0367. The van der Waals surface area contributed by atoms with Crippen LogP contribution >= 0.6 is 22.9 Å². The molecule has 1 heterocycles. The fraction of sp³-hybridized carbons (Fsp3) is 0.167. The lowest BCUT2D eigenvalue weighted by Crippen LogP contribution is -1.98. The molecule has 1 aromatic heterocycles. The second kappa shape index (κ2) is 5.99. The highest BCUT2D eigenvalue weighted by atomic mass is 35.5. The van der Waals surface area contributed by atoms with Crippen LogP contribution in [0.4, 0.5) is 15.2 Å². The number of aliphatic carboxylic acids is 1. The van der Waals surface area contributed by atoms with Crippen molar-refractivity contribution in [3.8, 4) is 0 Å². The smallest absolute Gasteiger partial charge is 0.303 e. The first-order valence-corrected chi connectivity index (χ1v) is 6.68. The fourth-order valence-corrected chi connectivity index (χ4v) is 2.45. The average Bonchev–Trinajstić information content (AvgIpc) is 2.72. The molecule has 19 heavy (non-hydrogen) atoms. The van der Waals surface area contributed by atoms with Crippen LogP contribution in [-0.2, 0) is 11.2 Å². The number of hydrogen-bond acceptors (Lipinski definition) is 4. The number of nitrogens with one attached hydrogen (secondary N) is 1. The van der Waals surface area contributed by atoms with Gasteiger partial charge in [0.25, 0.3) is 0 Å². The number of carbonyl (C=O) groups is 1. The Balaban J connectivity index is 2.05. The van der Waals surface area contributed by atoms with Crippen molar-refractivity contribution in [1.29, 1.82) is 0 Å². The molecule has 0 radical (unpaired) electrons. The third-order valence-corrected chi connectivity index (χ3v) is 3.29. The van der Waals surface area contributed by atoms with Crippen LogP contribution in [0.25, 0.3) is 0 Å². The molecule has 0 atom stereocenters. The molecule has 2 aromatic rings. The van der Waals surface area contributed by atoms with Crippen molar-refractivity contribution in [1.82, 2.24) is 4.98 Å². The van der Waals surface area contributed by atoms with E-state index in [9.17, 15) is 9.18 Å². The Morgan fingerprint density at radius 1 is 1.47 bits per heavy atom. The molecule has 0 amide bonds. The van der Waals surface area contributed by atoms with Crippen molar-refractivity contribution in [2.75, 3.05) is 5.32 Å². The number of thiazole rings is 1. The van der Waals surface area contributed by atoms with Crippen molar-refractivity contribution in [3.05, 3.63) is 40.1 Å². The summed E-state index contributed by atoms with van der Waals surface area (Å²) in [5, 5.41) is 14.1. The molecule has 0 unspecified atom stereocenters. The van der Waals surface area contributed by atoms with Crippen molar-refractivity contribution < 1.29 is 14.3 Å². The maximum Gasteiger partial charge on any atom is 0.303 e. The number of carboxylic acid groups (broad SMARTS) is 1. The molecule has 2 N–H and O–H groups in total. The number of nitrogens with zero attached hydrogens (tertiary/aromatic N) is 1. The van der Waals surface area contributed by atoms with E-state index in [0.29, 0.717) is 28.0 Å². The lowest BCUT2D eigenvalue weighted by Gasteiger charge is -2.03. The van der Waals surface area contributed by atoms with Gasteiger partial charge in [0, 0.05) is 22.5 Å². The van der Waals surface area contributed by atoms with E-state index in [1.165, 1.54) is 23.5 Å². The first-order chi connectivity index (χ1) is 9.02. The monoisotopic (exact) mass is 300 g/mol. The van der Waals surface area contributed by atoms with E-state index in [0.717, 1.165) is 0 Å². The van der Waals surface area contributed by atoms with Crippen molar-refractivity contribution in [2.45, 2.75) is 12.8 Å². The summed E-state index contributed by atoms with van der Waals surface area (Å²) in [7, 11) is 0. The summed E-state index contributed by atoms with van der Waals surface area (Å²) in [6.45, 7) is 0. The Kier molecular flexibility index (Phi) is 4.34. The molecule has 0 aliphatic heterocycles. The maximum absolute atomic E-state index is 13.1. The summed E-state index contributed by atoms with van der Waals surface area (Å²) >= 11 is 7.07. The Morgan fingerprint density at radius 3 is 2.95 bits per heavy atom. The normalized spacial score (nSPS) is 10.4. The van der Waals surface area contributed by atoms with Gasteiger partial charge < -0.3 is 10.4 Å². The molecule has 0 aliphatic rings. The number of rotatable bonds is 5. The molecule has 0 aliphatic carbocycles. The van der Waals surface area contributed by atoms with Gasteiger partial charge >= 0.3 is 5.97 Å². The molecule has 100 valence electrons. The molecule has 0 fully saturated rings. The van der Waals surface area contributed by atoms with Gasteiger partial charge in [0.2, 0.25) is 0 Å². The van der Waals surface area contributed by atoms with Gasteiger partial charge in [-0.05, 0) is 18.2 Å². The Bertz CT molecular complexity index is 583. The van der Waals surface area contributed by atoms with E-state index in [1.807, 2.05) is 0 Å². The van der Waals surface area contributed by atoms with Crippen LogP contribution in [0.5, 0.6) is 0 Å². The zero-order chi connectivity index (χ0) is 13.8. The van der Waals surface area contributed by atoms with Gasteiger partial charge in [-0.3, -0.25) is 4.79 Å². The second-order valence-corrected chi connectivity index (χ2v) is 5.12. The number of carboxylic acids is 1. The Hall–Kier alpha value is -1.66. The molecular weight excluding hydrogens is 291 g/mol. The number of benzene rings is 1. The van der Waals surface area contributed by atoms with E-state index in [4.69, 9.17) is 16.7 Å². The SMILES string of the molecule is O=C(O)CCc1csc(Nc2cc(F)cc(Cl)c2)n1. The third-order valence-electron chi connectivity index (χ3n) is 2.26. The van der Waals surface area contributed by atoms with Crippen molar-refractivity contribution in [3.63, 3.8) is 0 Å². The summed E-state index contributed by atoms with van der Waals surface area (Å²) in [5.74, 6) is -1.29. The number of anilines is 2. The van der Waals surface area contributed by atoms with Crippen LogP contribution in [0.15, 0.2) is 23.6 Å². The highest BCUT2D eigenvalue weighted by molar-refractivity contribution is 7.13. The quantitative estimate of drug-likeness (QED) is 0.884. The number of hydrogen-bond donors (Lipinski definition) is 2. The average molecular weight is 301 g/mol. The van der Waals surface area contributed by atoms with Gasteiger partial charge in [-0.25, -0.2) is 9.37 Å². The van der Waals surface area contributed by atoms with Crippen molar-refractivity contribution in [2.24, 2.45) is 0 Å². The van der Waals surface area contributed by atoms with Crippen LogP contribution in [0.1, 0.15) is 12.1 Å². The predicted octanol–water partition coefficient (Wildman–Crippen LogP) is 3.70. The lowest BCUT2D eigenvalue weighted by molar-refractivity contribution is -0.136. The summed E-state index contributed by atoms with van der Waals surface area (Å²) in [6.07, 6.45) is 0.409. The van der Waals surface area contributed by atoms with E-state index in [2.05, 4.69) is 10.3 Å². The van der Waals surface area contributed by atoms with E-state index in [-0.39, 0.29) is 6.42 Å². The topological polar surface area (TPSA) is 62.2 Å². The van der Waals surface area contributed by atoms with Gasteiger partial charge in [0.1, 0.15) is 5.82 Å². The van der Waals surface area contributed by atoms with Crippen LogP contribution < -0.4 is 5.32 Å². The first-order valence-electron chi connectivity index (χ1n) is 5.42. The molecule has 0 saturated heterocycles. The standard InChI is InChI=1S/C12H10ClFN2O2S/c13-7-3-8(14)5-10(4-7)16-12-15-9(6-19-12)1-2-11(17)18/h3-6H,1-2H2,(H,15,16)(H,17,18). The minimum Gasteiger partial charge on any atom is -0.481 e. The summed E-state index contributed by atoms with van der Waals surface area (Å²) in [6, 6.07) is 4.11. The highest BCUT2D eigenvalue weighted by Crippen LogP contribution is 2.24. The van der Waals surface area contributed by atoms with Crippen molar-refractivity contribution >= 4 is 39.7 Å². The van der Waals surface area contributed by atoms with Gasteiger partial charge in [-0.2, -0.15) is 0 Å². The fourth-order valence-electron chi connectivity index (χ4n) is 1.46. The Morgan fingerprint density at radius 2 is 2.26 bits per heavy atom. The summed E-state index contributed by atoms with van der Waals surface area (Å²) < 4.78 is 13.1. The summed E-state index contributed by atoms with van der Waals surface area (Å²) in [5.41, 5.74) is 1.20. The maximum atomic E-state index is 13.1. The molecular formula is C12H10ClFN2O2S. The van der Waals surface area contributed by atoms with E-state index in [1.54, 1.807) is 11.4 Å². The van der Waals surface area contributed by atoms with Gasteiger partial charge in [0.05, 0.1) is 12.1 Å². The van der Waals surface area contributed by atoms with Crippen LogP contribution in [-0.4, -0.2) is 16.1 Å². The number of aryl methyl sites for hydroxylation is 1. The molecule has 4 nitrogen and oxygen atoms in total. The predicted molar refractivity (Wildman–Crippen MR) is 72.8 cm³/mol. The molecule has 7 heteroatoms. The van der Waals surface area contributed by atoms with Gasteiger partial charge in [-0.15, -0.1) is 11.3 Å². The van der Waals surface area contributed by atoms with Gasteiger partial charge in [0.15, 0.2) is 5.13 Å². The van der Waals surface area contributed by atoms with Crippen LogP contribution in [0, 0.1) is 5.82 Å². The minimum atomic E-state index is -0.862. The first kappa shape index (κ1) is 13.8. The number of halogens is 2. The molecule has 0 saturated carbocycles. The Labute approximate surface area is 117 Å². The molecule has 2 rings (SSSR count). The summed E-state index contributed by atoms with van der Waals surface area (Å²) in [4.78, 5) is 14.7. The van der Waals surface area contributed by atoms with E-state index >= 15 is 0 Å². The zero-order valence-electron chi connectivity index (χ0n) is 9.69. The van der Waals surface area contributed by atoms with E-state index < -0.39 is 11.8 Å². The second-order valence-electron chi connectivity index (χ2n) is 3.82. The number of aromatic nitrogens is 1. The lowest BCUT2D eigenvalue weighted by atomic mass is 10.2. The third kappa shape index (κ3) is 4.18. The molecule has 1 aromatic carbocycles. The largest absolute Gasteiger partial charge is 0.481 e. The molecule has 0 bridgehead atoms. The highest BCUT2D eigenvalue weighted by Gasteiger charge is 2.06. The zero-order valence-corrected chi connectivity index (χ0v) is 11.3.